The van der Waals surface area contributed by atoms with Crippen molar-refractivity contribution in [3.63, 3.8) is 0 Å². The molecule has 37 heavy (non-hydrogen) atoms. The highest BCUT2D eigenvalue weighted by Crippen LogP contribution is 2.37. The molecule has 0 radical (unpaired) electrons. The largest absolute Gasteiger partial charge is 0.384 e. The van der Waals surface area contributed by atoms with Gasteiger partial charge in [0.15, 0.2) is 0 Å². The maximum Gasteiger partial charge on any atom is 0.256 e. The quantitative estimate of drug-likeness (QED) is 0.447. The number of benzene rings is 1. The number of piperidine rings is 1. The van der Waals surface area contributed by atoms with Crippen LogP contribution in [0.15, 0.2) is 12.1 Å². The number of aromatic nitrogens is 1. The minimum Gasteiger partial charge on any atom is -0.384 e. The van der Waals surface area contributed by atoms with Gasteiger partial charge in [0.2, 0.25) is 0 Å². The van der Waals surface area contributed by atoms with Gasteiger partial charge in [0, 0.05) is 43.0 Å². The molecule has 0 saturated carbocycles. The molecule has 4 heterocycles. The molecule has 2 aromatic rings. The first kappa shape index (κ1) is 25.2. The van der Waals surface area contributed by atoms with Crippen LogP contribution < -0.4 is 10.6 Å². The highest BCUT2D eigenvalue weighted by atomic mass is 19.1. The molecule has 3 amide bonds. The maximum absolute atomic E-state index is 14.8. The van der Waals surface area contributed by atoms with E-state index in [-0.39, 0.29) is 17.2 Å². The third kappa shape index (κ3) is 4.91. The van der Waals surface area contributed by atoms with Gasteiger partial charge in [-0.3, -0.25) is 14.4 Å². The number of aromatic amines is 1. The maximum atomic E-state index is 14.8. The number of likely N-dealkylation sites (tertiary alicyclic amines) is 1. The number of anilines is 2. The summed E-state index contributed by atoms with van der Waals surface area (Å²) in [6, 6.07) is 2.52. The molecular formula is C27H32FN5O4. The van der Waals surface area contributed by atoms with Crippen LogP contribution in [0.4, 0.5) is 15.8 Å². The van der Waals surface area contributed by atoms with E-state index in [1.807, 2.05) is 11.8 Å². The normalized spacial score (nSPS) is 19.6. The molecule has 5 rings (SSSR count). The summed E-state index contributed by atoms with van der Waals surface area (Å²) in [5.74, 6) is -1.88. The molecule has 4 N–H and O–H groups in total. The second kappa shape index (κ2) is 10.1. The number of hydrogen-bond donors (Lipinski definition) is 4. The van der Waals surface area contributed by atoms with Crippen LogP contribution in [0.1, 0.15) is 59.1 Å². The summed E-state index contributed by atoms with van der Waals surface area (Å²) in [4.78, 5) is 45.5. The first-order valence-electron chi connectivity index (χ1n) is 12.8. The number of fused-ring (bicyclic) bond motifs is 2. The standard InChI is InChI=1S/C27H32FN5O4/c1-15-21(29-20-6-9-33(27(37)24(15)20)11-10-32-7-4-3-5-8-32)13-18-17-12-19(28)23(31-25(35)16(2)34)14-22(17)30-26(18)36/h12-14,16,29,34H,3-11H2,1-2H3,(H,30,36)(H,31,35). The number of aliphatic hydroxyl groups excluding tert-OH is 1. The summed E-state index contributed by atoms with van der Waals surface area (Å²) in [7, 11) is 0. The number of hydrogen-bond acceptors (Lipinski definition) is 5. The average Bonchev–Trinajstić information content (AvgIpc) is 3.35. The van der Waals surface area contributed by atoms with E-state index in [1.165, 1.54) is 38.3 Å². The van der Waals surface area contributed by atoms with Crippen molar-refractivity contribution >= 4 is 40.7 Å². The highest BCUT2D eigenvalue weighted by molar-refractivity contribution is 6.35. The van der Waals surface area contributed by atoms with Gasteiger partial charge in [-0.1, -0.05) is 6.42 Å². The molecule has 1 fully saturated rings. The summed E-state index contributed by atoms with van der Waals surface area (Å²) in [6.07, 6.45) is 4.75. The van der Waals surface area contributed by atoms with Gasteiger partial charge < -0.3 is 30.5 Å². The van der Waals surface area contributed by atoms with Gasteiger partial charge in [-0.05, 0) is 63.6 Å². The summed E-state index contributed by atoms with van der Waals surface area (Å²) in [5.41, 5.74) is 3.75. The Balaban J connectivity index is 1.38. The molecule has 1 unspecified atom stereocenters. The van der Waals surface area contributed by atoms with E-state index in [4.69, 9.17) is 0 Å². The Morgan fingerprint density at radius 3 is 2.68 bits per heavy atom. The predicted molar refractivity (Wildman–Crippen MR) is 139 cm³/mol. The third-order valence-corrected chi connectivity index (χ3v) is 7.45. The molecule has 1 aromatic carbocycles. The van der Waals surface area contributed by atoms with Gasteiger partial charge >= 0.3 is 0 Å². The van der Waals surface area contributed by atoms with Gasteiger partial charge in [-0.2, -0.15) is 0 Å². The highest BCUT2D eigenvalue weighted by Gasteiger charge is 2.31. The SMILES string of the molecule is Cc1c(C=C2C(=O)Nc3cc(NC(=O)C(C)O)c(F)cc32)[nH]c2c1C(=O)N(CCN1CCCCC1)CC2. The lowest BCUT2D eigenvalue weighted by molar-refractivity contribution is -0.123. The van der Waals surface area contributed by atoms with Gasteiger partial charge in [0.25, 0.3) is 17.7 Å². The van der Waals surface area contributed by atoms with Crippen molar-refractivity contribution in [1.29, 1.82) is 0 Å². The lowest BCUT2D eigenvalue weighted by atomic mass is 10.0. The first-order chi connectivity index (χ1) is 17.7. The molecule has 1 saturated heterocycles. The number of carbonyl (C=O) groups is 3. The van der Waals surface area contributed by atoms with E-state index < -0.39 is 23.7 Å². The third-order valence-electron chi connectivity index (χ3n) is 7.45. The number of aliphatic hydroxyl groups is 1. The molecular weight excluding hydrogens is 477 g/mol. The second-order valence-corrected chi connectivity index (χ2v) is 10.0. The van der Waals surface area contributed by atoms with E-state index in [1.54, 1.807) is 6.08 Å². The Hall–Kier alpha value is -3.50. The number of nitrogens with one attached hydrogen (secondary N) is 3. The zero-order valence-electron chi connectivity index (χ0n) is 21.1. The number of halogens is 1. The van der Waals surface area contributed by atoms with Crippen molar-refractivity contribution in [3.8, 4) is 0 Å². The van der Waals surface area contributed by atoms with Crippen LogP contribution in [-0.4, -0.2) is 76.4 Å². The molecule has 1 atom stereocenters. The fraction of sp³-hybridized carbons (Fsp3) is 0.444. The number of nitrogens with zero attached hydrogens (tertiary/aromatic N) is 2. The van der Waals surface area contributed by atoms with E-state index >= 15 is 0 Å². The number of amides is 3. The monoisotopic (exact) mass is 509 g/mol. The zero-order chi connectivity index (χ0) is 26.3. The molecule has 0 spiro atoms. The minimum atomic E-state index is -1.30. The Morgan fingerprint density at radius 2 is 1.95 bits per heavy atom. The molecule has 1 aromatic heterocycles. The molecule has 9 nitrogen and oxygen atoms in total. The van der Waals surface area contributed by atoms with Gasteiger partial charge in [-0.15, -0.1) is 0 Å². The van der Waals surface area contributed by atoms with Crippen molar-refractivity contribution in [2.75, 3.05) is 43.4 Å². The zero-order valence-corrected chi connectivity index (χ0v) is 21.1. The van der Waals surface area contributed by atoms with Crippen molar-refractivity contribution in [3.05, 3.63) is 46.0 Å². The molecule has 3 aliphatic heterocycles. The summed E-state index contributed by atoms with van der Waals surface area (Å²) in [5, 5.41) is 14.4. The Bertz CT molecular complexity index is 1290. The Kier molecular flexibility index (Phi) is 6.87. The van der Waals surface area contributed by atoms with Gasteiger partial charge in [0.05, 0.1) is 22.5 Å². The lowest BCUT2D eigenvalue weighted by Crippen LogP contribution is -2.43. The lowest BCUT2D eigenvalue weighted by Gasteiger charge is -2.32. The fourth-order valence-electron chi connectivity index (χ4n) is 5.30. The molecule has 0 bridgehead atoms. The molecule has 196 valence electrons. The van der Waals surface area contributed by atoms with Crippen LogP contribution in [0.5, 0.6) is 0 Å². The number of carbonyl (C=O) groups excluding carboxylic acids is 3. The van der Waals surface area contributed by atoms with E-state index in [9.17, 15) is 23.9 Å². The van der Waals surface area contributed by atoms with Gasteiger partial charge in [0.1, 0.15) is 11.9 Å². The molecule has 0 aliphatic carbocycles. The van der Waals surface area contributed by atoms with Crippen LogP contribution in [0.25, 0.3) is 11.6 Å². The van der Waals surface area contributed by atoms with E-state index in [0.717, 1.165) is 30.9 Å². The smallest absolute Gasteiger partial charge is 0.256 e. The summed E-state index contributed by atoms with van der Waals surface area (Å²) < 4.78 is 14.8. The Labute approximate surface area is 214 Å². The first-order valence-corrected chi connectivity index (χ1v) is 12.8. The number of rotatable bonds is 6. The summed E-state index contributed by atoms with van der Waals surface area (Å²) >= 11 is 0. The van der Waals surface area contributed by atoms with Crippen molar-refractivity contribution in [2.45, 2.75) is 45.6 Å². The summed E-state index contributed by atoms with van der Waals surface area (Å²) in [6.45, 7) is 7.54. The Morgan fingerprint density at radius 1 is 1.19 bits per heavy atom. The van der Waals surface area contributed by atoms with Crippen LogP contribution in [0.2, 0.25) is 0 Å². The molecule has 10 heteroatoms. The van der Waals surface area contributed by atoms with Crippen LogP contribution in [-0.2, 0) is 16.0 Å². The van der Waals surface area contributed by atoms with Crippen molar-refractivity contribution in [1.82, 2.24) is 14.8 Å². The average molecular weight is 510 g/mol. The van der Waals surface area contributed by atoms with Crippen molar-refractivity contribution < 1.29 is 23.9 Å². The topological polar surface area (TPSA) is 118 Å². The van der Waals surface area contributed by atoms with Crippen molar-refractivity contribution in [2.24, 2.45) is 0 Å². The second-order valence-electron chi connectivity index (χ2n) is 10.0. The molecule has 3 aliphatic rings. The van der Waals surface area contributed by atoms with E-state index in [0.29, 0.717) is 42.0 Å². The minimum absolute atomic E-state index is 0.00234. The van der Waals surface area contributed by atoms with E-state index in [2.05, 4.69) is 20.5 Å². The predicted octanol–water partition coefficient (Wildman–Crippen LogP) is 2.76. The van der Waals surface area contributed by atoms with Crippen LogP contribution >= 0.6 is 0 Å². The number of H-pyrrole nitrogens is 1. The fourth-order valence-corrected chi connectivity index (χ4v) is 5.30. The van der Waals surface area contributed by atoms with Crippen LogP contribution in [0, 0.1) is 12.7 Å². The van der Waals surface area contributed by atoms with Gasteiger partial charge in [-0.25, -0.2) is 4.39 Å². The van der Waals surface area contributed by atoms with Crippen LogP contribution in [0.3, 0.4) is 0 Å².